The Balaban J connectivity index is 2.12. The average Bonchev–Trinajstić information content (AvgIpc) is 2.78. The third-order valence-corrected chi connectivity index (χ3v) is 5.25. The van der Waals surface area contributed by atoms with E-state index in [1.807, 2.05) is 50.2 Å². The maximum Gasteiger partial charge on any atom is 0.336 e. The van der Waals surface area contributed by atoms with E-state index in [0.717, 1.165) is 40.6 Å². The van der Waals surface area contributed by atoms with Gasteiger partial charge in [0.05, 0.1) is 22.5 Å². The van der Waals surface area contributed by atoms with Crippen molar-refractivity contribution in [3.8, 4) is 22.5 Å². The number of rotatable bonds is 6. The number of nitrogens with one attached hydrogen (secondary N) is 2. The number of fused-ring (bicyclic) bond motifs is 2. The number of anilines is 1. The van der Waals surface area contributed by atoms with Crippen molar-refractivity contribution in [2.45, 2.75) is 13.8 Å². The first kappa shape index (κ1) is 21.4. The summed E-state index contributed by atoms with van der Waals surface area (Å²) in [6.07, 6.45) is 0. The van der Waals surface area contributed by atoms with Gasteiger partial charge >= 0.3 is 5.97 Å². The molecule has 6 nitrogen and oxygen atoms in total. The fraction of sp³-hybridized carbons (Fsp3) is 0.160. The summed E-state index contributed by atoms with van der Waals surface area (Å²) in [4.78, 5) is 19.4. The topological polar surface area (TPSA) is 88.8 Å². The van der Waals surface area contributed by atoms with Crippen LogP contribution in [0.4, 0.5) is 11.4 Å². The number of hydrogen-bond donors (Lipinski definition) is 3. The summed E-state index contributed by atoms with van der Waals surface area (Å²) in [5.74, 6) is -0.381. The molecule has 2 aliphatic rings. The summed E-state index contributed by atoms with van der Waals surface area (Å²) in [7, 11) is 0. The molecule has 1 heterocycles. The van der Waals surface area contributed by atoms with E-state index in [2.05, 4.69) is 32.7 Å². The van der Waals surface area contributed by atoms with Gasteiger partial charge in [-0.2, -0.15) is 4.99 Å². The standard InChI is InChI=1S/C25H21N3O3S/c1-3-26-16-6-9-19-22(12-16)31-23-13-17(27-4-2)7-10-20(23)24(19)18-8-5-15(28-14-32)11-21(18)25(29)30/h5-13,26H,3-4H2,1-2H3,(H,29,30)/p+1. The third-order valence-electron chi connectivity index (χ3n) is 5.16. The molecule has 0 spiro atoms. The van der Waals surface area contributed by atoms with Gasteiger partial charge in [-0.05, 0) is 62.0 Å². The highest BCUT2D eigenvalue weighted by molar-refractivity contribution is 7.78. The highest BCUT2D eigenvalue weighted by atomic mass is 32.1. The van der Waals surface area contributed by atoms with Gasteiger partial charge in [-0.1, -0.05) is 6.07 Å². The molecule has 0 amide bonds. The Morgan fingerprint density at radius 2 is 1.94 bits per heavy atom. The van der Waals surface area contributed by atoms with Crippen LogP contribution in [0.1, 0.15) is 24.2 Å². The molecular formula is C25H22N3O3S+. The molecule has 0 fully saturated rings. The van der Waals surface area contributed by atoms with Crippen LogP contribution in [0.2, 0.25) is 0 Å². The van der Waals surface area contributed by atoms with Gasteiger partial charge < -0.3 is 14.8 Å². The second kappa shape index (κ2) is 9.14. The van der Waals surface area contributed by atoms with Crippen molar-refractivity contribution >= 4 is 45.7 Å². The lowest BCUT2D eigenvalue weighted by Crippen LogP contribution is -2.75. The lowest BCUT2D eigenvalue weighted by atomic mass is 9.90. The molecule has 4 rings (SSSR count). The second-order valence-electron chi connectivity index (χ2n) is 7.20. The van der Waals surface area contributed by atoms with E-state index >= 15 is 0 Å². The van der Waals surface area contributed by atoms with Gasteiger partial charge in [0.1, 0.15) is 17.9 Å². The predicted octanol–water partition coefficient (Wildman–Crippen LogP) is 4.07. The van der Waals surface area contributed by atoms with Gasteiger partial charge in [0.15, 0.2) is 0 Å². The Hall–Kier alpha value is -3.80. The summed E-state index contributed by atoms with van der Waals surface area (Å²) in [5, 5.41) is 17.3. The fourth-order valence-corrected chi connectivity index (χ4v) is 3.96. The summed E-state index contributed by atoms with van der Waals surface area (Å²) in [6, 6.07) is 16.7. The number of thiocarbonyl (C=S) groups is 1. The molecule has 3 N–H and O–H groups in total. The number of isothiocyanates is 1. The van der Waals surface area contributed by atoms with Crippen LogP contribution in [0.3, 0.4) is 0 Å². The van der Waals surface area contributed by atoms with Gasteiger partial charge in [0.25, 0.3) is 0 Å². The van der Waals surface area contributed by atoms with Crippen molar-refractivity contribution in [1.82, 2.24) is 0 Å². The summed E-state index contributed by atoms with van der Waals surface area (Å²) in [6.45, 7) is 5.61. The Bertz CT molecular complexity index is 1420. The zero-order valence-corrected chi connectivity index (χ0v) is 18.5. The number of carboxylic acid groups (broad SMARTS) is 1. The molecule has 2 aromatic rings. The first-order valence-corrected chi connectivity index (χ1v) is 10.7. The third kappa shape index (κ3) is 4.04. The zero-order valence-electron chi connectivity index (χ0n) is 17.7. The summed E-state index contributed by atoms with van der Waals surface area (Å²) < 4.78 is 6.28. The van der Waals surface area contributed by atoms with Crippen molar-refractivity contribution in [3.63, 3.8) is 0 Å². The minimum absolute atomic E-state index is 0.136. The number of hydrogen-bond acceptors (Lipinski definition) is 5. The van der Waals surface area contributed by atoms with E-state index in [-0.39, 0.29) is 5.56 Å². The molecular weight excluding hydrogens is 422 g/mol. The van der Waals surface area contributed by atoms with Crippen LogP contribution < -0.4 is 15.7 Å². The molecule has 0 unspecified atom stereocenters. The van der Waals surface area contributed by atoms with Gasteiger partial charge in [-0.3, -0.25) is 0 Å². The second-order valence-corrected chi connectivity index (χ2v) is 7.38. The summed E-state index contributed by atoms with van der Waals surface area (Å²) in [5.41, 5.74) is 4.37. The zero-order chi connectivity index (χ0) is 22.7. The lowest BCUT2D eigenvalue weighted by molar-refractivity contribution is -0.496. The highest BCUT2D eigenvalue weighted by Crippen LogP contribution is 2.42. The molecule has 0 saturated carbocycles. The van der Waals surface area contributed by atoms with E-state index < -0.39 is 5.97 Å². The van der Waals surface area contributed by atoms with Crippen LogP contribution in [-0.4, -0.2) is 29.3 Å². The number of carbonyl (C=O) groups is 1. The largest absolute Gasteiger partial charge is 0.478 e. The molecule has 0 aromatic heterocycles. The van der Waals surface area contributed by atoms with Crippen molar-refractivity contribution in [1.29, 1.82) is 0 Å². The molecule has 32 heavy (non-hydrogen) atoms. The minimum Gasteiger partial charge on any atom is -0.478 e. The Morgan fingerprint density at radius 3 is 2.66 bits per heavy atom. The maximum atomic E-state index is 12.2. The number of aliphatic imine (C=N–C) groups is 1. The van der Waals surface area contributed by atoms with Crippen molar-refractivity contribution in [2.24, 2.45) is 4.99 Å². The normalized spacial score (nSPS) is 11.5. The van der Waals surface area contributed by atoms with Crippen LogP contribution in [0, 0.1) is 0 Å². The molecule has 7 heteroatoms. The quantitative estimate of drug-likeness (QED) is 0.237. The predicted molar refractivity (Wildman–Crippen MR) is 129 cm³/mol. The molecule has 2 aromatic carbocycles. The van der Waals surface area contributed by atoms with Crippen LogP contribution in [0.15, 0.2) is 64.0 Å². The first-order chi connectivity index (χ1) is 15.5. The van der Waals surface area contributed by atoms with Crippen LogP contribution in [0.5, 0.6) is 0 Å². The highest BCUT2D eigenvalue weighted by Gasteiger charge is 2.22. The van der Waals surface area contributed by atoms with E-state index in [9.17, 15) is 9.90 Å². The van der Waals surface area contributed by atoms with Gasteiger partial charge in [-0.15, -0.1) is 0 Å². The molecule has 1 aliphatic carbocycles. The Morgan fingerprint density at radius 1 is 1.12 bits per heavy atom. The molecule has 0 saturated heterocycles. The molecule has 0 radical (unpaired) electrons. The van der Waals surface area contributed by atoms with Crippen LogP contribution >= 0.6 is 12.2 Å². The fourth-order valence-electron chi connectivity index (χ4n) is 3.86. The molecule has 0 bridgehead atoms. The first-order valence-electron chi connectivity index (χ1n) is 10.3. The number of carboxylic acids is 1. The number of aromatic carboxylic acids is 1. The van der Waals surface area contributed by atoms with Crippen LogP contribution in [-0.2, 0) is 0 Å². The van der Waals surface area contributed by atoms with E-state index in [1.54, 1.807) is 12.1 Å². The SMILES string of the molecule is CCNc1ccc2c(-c3ccc(N=C=S)cc3C(=O)O)c3ccc(=[NH+]CC)cc-3oc2c1. The Kier molecular flexibility index (Phi) is 6.12. The van der Waals surface area contributed by atoms with Crippen molar-refractivity contribution < 1.29 is 19.3 Å². The summed E-state index contributed by atoms with van der Waals surface area (Å²) >= 11 is 4.67. The molecule has 1 aliphatic heterocycles. The molecule has 0 atom stereocenters. The van der Waals surface area contributed by atoms with E-state index in [4.69, 9.17) is 4.42 Å². The number of benzene rings is 3. The lowest BCUT2D eigenvalue weighted by Gasteiger charge is -2.17. The Labute approximate surface area is 190 Å². The van der Waals surface area contributed by atoms with Crippen molar-refractivity contribution in [3.05, 3.63) is 65.5 Å². The van der Waals surface area contributed by atoms with E-state index in [1.165, 1.54) is 6.07 Å². The average molecular weight is 445 g/mol. The number of nitrogens with zero attached hydrogens (tertiary/aromatic N) is 1. The van der Waals surface area contributed by atoms with Crippen LogP contribution in [0.25, 0.3) is 33.4 Å². The van der Waals surface area contributed by atoms with E-state index in [0.29, 0.717) is 22.6 Å². The van der Waals surface area contributed by atoms with Gasteiger partial charge in [0, 0.05) is 40.9 Å². The smallest absolute Gasteiger partial charge is 0.336 e. The van der Waals surface area contributed by atoms with Gasteiger partial charge in [-0.25, -0.2) is 9.79 Å². The molecule has 160 valence electrons. The maximum absolute atomic E-state index is 12.2. The van der Waals surface area contributed by atoms with Gasteiger partial charge in [0.2, 0.25) is 5.36 Å². The monoisotopic (exact) mass is 444 g/mol. The van der Waals surface area contributed by atoms with Crippen molar-refractivity contribution in [2.75, 3.05) is 18.4 Å². The minimum atomic E-state index is -1.04.